The Bertz CT molecular complexity index is 1700. The number of sulfone groups is 1. The maximum absolute atomic E-state index is 14.4. The van der Waals surface area contributed by atoms with Crippen molar-refractivity contribution in [3.05, 3.63) is 102 Å². The van der Waals surface area contributed by atoms with E-state index in [1.807, 2.05) is 60.7 Å². The Balaban J connectivity index is 1.26. The fourth-order valence-electron chi connectivity index (χ4n) is 7.68. The highest BCUT2D eigenvalue weighted by molar-refractivity contribution is 7.90. The molecule has 0 bridgehead atoms. The van der Waals surface area contributed by atoms with Crippen molar-refractivity contribution in [1.82, 2.24) is 15.1 Å². The molecular formula is C37H41N3O6S. The zero-order chi connectivity index (χ0) is 33.1. The molecule has 1 N–H and O–H groups in total. The molecule has 3 atom stereocenters. The van der Waals surface area contributed by atoms with E-state index >= 15 is 0 Å². The number of amides is 3. The monoisotopic (exact) mass is 655 g/mol. The predicted octanol–water partition coefficient (Wildman–Crippen LogP) is 4.37. The maximum Gasteiger partial charge on any atom is 0.255 e. The van der Waals surface area contributed by atoms with Gasteiger partial charge in [0.1, 0.15) is 12.1 Å². The third-order valence-corrected chi connectivity index (χ3v) is 11.1. The van der Waals surface area contributed by atoms with Crippen molar-refractivity contribution in [1.29, 1.82) is 0 Å². The Morgan fingerprint density at radius 2 is 1.40 bits per heavy atom. The number of likely N-dealkylation sites (tertiary alicyclic amines) is 2. The third-order valence-electron chi connectivity index (χ3n) is 9.92. The van der Waals surface area contributed by atoms with Crippen molar-refractivity contribution in [2.24, 2.45) is 5.92 Å². The number of benzene rings is 3. The van der Waals surface area contributed by atoms with Gasteiger partial charge in [0.25, 0.3) is 5.91 Å². The van der Waals surface area contributed by atoms with E-state index in [-0.39, 0.29) is 47.1 Å². The average molecular weight is 656 g/mol. The maximum atomic E-state index is 14.4. The predicted molar refractivity (Wildman–Crippen MR) is 177 cm³/mol. The number of hydrogen-bond donors (Lipinski definition) is 1. The van der Waals surface area contributed by atoms with Crippen LogP contribution in [0.1, 0.15) is 72.3 Å². The lowest BCUT2D eigenvalue weighted by atomic mass is 9.84. The molecule has 2 aliphatic heterocycles. The molecule has 246 valence electrons. The molecule has 3 aromatic carbocycles. The fourth-order valence-corrected chi connectivity index (χ4v) is 8.56. The van der Waals surface area contributed by atoms with E-state index < -0.39 is 39.8 Å². The molecule has 1 aliphatic carbocycles. The second-order valence-corrected chi connectivity index (χ2v) is 15.0. The van der Waals surface area contributed by atoms with Crippen LogP contribution in [0, 0.1) is 5.92 Å². The molecule has 2 saturated heterocycles. The first kappa shape index (κ1) is 32.6. The number of ketones is 1. The van der Waals surface area contributed by atoms with Gasteiger partial charge >= 0.3 is 0 Å². The lowest BCUT2D eigenvalue weighted by Gasteiger charge is -2.32. The van der Waals surface area contributed by atoms with Gasteiger partial charge in [0.05, 0.1) is 29.0 Å². The van der Waals surface area contributed by atoms with E-state index in [2.05, 4.69) is 5.32 Å². The largest absolute Gasteiger partial charge is 0.343 e. The summed E-state index contributed by atoms with van der Waals surface area (Å²) in [6.07, 6.45) is 7.18. The summed E-state index contributed by atoms with van der Waals surface area (Å²) in [5, 5.41) is 3.13. The highest BCUT2D eigenvalue weighted by Crippen LogP contribution is 2.34. The van der Waals surface area contributed by atoms with Crippen molar-refractivity contribution in [3.63, 3.8) is 0 Å². The Hall–Kier alpha value is -4.31. The summed E-state index contributed by atoms with van der Waals surface area (Å²) >= 11 is 0. The number of rotatable bonds is 9. The topological polar surface area (TPSA) is 121 Å². The van der Waals surface area contributed by atoms with Crippen LogP contribution in [0.3, 0.4) is 0 Å². The van der Waals surface area contributed by atoms with Crippen molar-refractivity contribution in [2.45, 2.75) is 73.9 Å². The Morgan fingerprint density at radius 3 is 2.02 bits per heavy atom. The summed E-state index contributed by atoms with van der Waals surface area (Å²) in [5.74, 6) is -1.74. The second kappa shape index (κ2) is 13.8. The molecule has 47 heavy (non-hydrogen) atoms. The summed E-state index contributed by atoms with van der Waals surface area (Å²) in [6.45, 7) is 0.0506. The molecule has 3 aliphatic rings. The SMILES string of the molecule is CS(=O)(=O)c1ccccc1C(=O)N1CC(=O)[C@@H]2[C@H]1CCN2C(=O)[C@H](CC1CCCCC1)NC(=O)C(c1ccccc1)c1ccccc1. The lowest BCUT2D eigenvalue weighted by molar-refractivity contribution is -0.140. The van der Waals surface area contributed by atoms with Gasteiger partial charge in [-0.2, -0.15) is 0 Å². The minimum absolute atomic E-state index is 0.0172. The first-order valence-corrected chi connectivity index (χ1v) is 18.4. The van der Waals surface area contributed by atoms with Crippen LogP contribution >= 0.6 is 0 Å². The van der Waals surface area contributed by atoms with Gasteiger partial charge < -0.3 is 15.1 Å². The van der Waals surface area contributed by atoms with Crippen LogP contribution in [0.2, 0.25) is 0 Å². The van der Waals surface area contributed by atoms with E-state index in [4.69, 9.17) is 0 Å². The molecule has 3 fully saturated rings. The summed E-state index contributed by atoms with van der Waals surface area (Å²) in [6, 6.07) is 22.7. The van der Waals surface area contributed by atoms with Gasteiger partial charge in [-0.25, -0.2) is 8.42 Å². The number of nitrogens with zero attached hydrogens (tertiary/aromatic N) is 2. The molecule has 0 unspecified atom stereocenters. The molecular weight excluding hydrogens is 614 g/mol. The normalized spacial score (nSPS) is 20.7. The number of nitrogens with one attached hydrogen (secondary N) is 1. The minimum Gasteiger partial charge on any atom is -0.343 e. The van der Waals surface area contributed by atoms with Crippen molar-refractivity contribution < 1.29 is 27.6 Å². The number of Topliss-reactive ketones (excluding diaryl/α,β-unsaturated/α-hetero) is 1. The smallest absolute Gasteiger partial charge is 0.255 e. The van der Waals surface area contributed by atoms with Crippen molar-refractivity contribution >= 4 is 33.3 Å². The summed E-state index contributed by atoms with van der Waals surface area (Å²) in [5.41, 5.74) is 1.65. The molecule has 10 heteroatoms. The van der Waals surface area contributed by atoms with Crippen LogP contribution < -0.4 is 5.32 Å². The zero-order valence-corrected chi connectivity index (χ0v) is 27.4. The molecule has 1 saturated carbocycles. The third kappa shape index (κ3) is 6.88. The number of hydrogen-bond acceptors (Lipinski definition) is 6. The van der Waals surface area contributed by atoms with E-state index in [0.29, 0.717) is 12.8 Å². The van der Waals surface area contributed by atoms with Gasteiger partial charge in [0.15, 0.2) is 15.6 Å². The Morgan fingerprint density at radius 1 is 0.809 bits per heavy atom. The van der Waals surface area contributed by atoms with Crippen molar-refractivity contribution in [2.75, 3.05) is 19.3 Å². The van der Waals surface area contributed by atoms with Crippen LogP contribution in [0.25, 0.3) is 0 Å². The van der Waals surface area contributed by atoms with E-state index in [9.17, 15) is 27.6 Å². The van der Waals surface area contributed by atoms with Crippen LogP contribution in [0.5, 0.6) is 0 Å². The molecule has 0 spiro atoms. The van der Waals surface area contributed by atoms with Gasteiger partial charge in [-0.3, -0.25) is 19.2 Å². The molecule has 0 radical (unpaired) electrons. The molecule has 9 nitrogen and oxygen atoms in total. The van der Waals surface area contributed by atoms with Gasteiger partial charge in [0, 0.05) is 12.8 Å². The highest BCUT2D eigenvalue weighted by atomic mass is 32.2. The van der Waals surface area contributed by atoms with E-state index in [1.54, 1.807) is 17.0 Å². The van der Waals surface area contributed by atoms with Crippen molar-refractivity contribution in [3.8, 4) is 0 Å². The second-order valence-electron chi connectivity index (χ2n) is 13.1. The lowest BCUT2D eigenvalue weighted by Crippen LogP contribution is -2.53. The number of carbonyl (C=O) groups excluding carboxylic acids is 4. The highest BCUT2D eigenvalue weighted by Gasteiger charge is 2.52. The Kier molecular flexibility index (Phi) is 9.59. The number of fused-ring (bicyclic) bond motifs is 1. The zero-order valence-electron chi connectivity index (χ0n) is 26.6. The molecule has 3 aromatic rings. The minimum atomic E-state index is -3.69. The first-order valence-electron chi connectivity index (χ1n) is 16.5. The van der Waals surface area contributed by atoms with Gasteiger partial charge in [-0.15, -0.1) is 0 Å². The van der Waals surface area contributed by atoms with Gasteiger partial charge in [-0.05, 0) is 42.0 Å². The summed E-state index contributed by atoms with van der Waals surface area (Å²) in [7, 11) is -3.69. The van der Waals surface area contributed by atoms with Crippen LogP contribution in [0.15, 0.2) is 89.8 Å². The summed E-state index contributed by atoms with van der Waals surface area (Å²) < 4.78 is 24.9. The summed E-state index contributed by atoms with van der Waals surface area (Å²) in [4.78, 5) is 58.7. The van der Waals surface area contributed by atoms with E-state index in [0.717, 1.165) is 49.5 Å². The molecule has 3 amide bonds. The molecule has 2 heterocycles. The van der Waals surface area contributed by atoms with Gasteiger partial charge in [0.2, 0.25) is 11.8 Å². The molecule has 6 rings (SSSR count). The first-order chi connectivity index (χ1) is 22.6. The standard InChI is InChI=1S/C37H41N3O6S/c1-47(45,46)32-20-12-11-19-28(32)36(43)40-24-31(41)34-30(40)21-22-39(34)37(44)29(23-25-13-5-2-6-14-25)38-35(42)33(26-15-7-3-8-16-26)27-17-9-4-10-18-27/h3-4,7-12,15-20,25,29-30,33-34H,2,5-6,13-14,21-24H2,1H3,(H,38,42)/t29-,30+,34-/m0/s1. The average Bonchev–Trinajstić information content (AvgIpc) is 3.66. The molecule has 0 aromatic heterocycles. The van der Waals surface area contributed by atoms with E-state index in [1.165, 1.54) is 17.0 Å². The van der Waals surface area contributed by atoms with Crippen LogP contribution in [-0.4, -0.2) is 79.2 Å². The van der Waals surface area contributed by atoms with Crippen LogP contribution in [0.4, 0.5) is 0 Å². The Labute approximate surface area is 276 Å². The number of carbonyl (C=O) groups is 4. The van der Waals surface area contributed by atoms with Gasteiger partial charge in [-0.1, -0.05) is 105 Å². The fraction of sp³-hybridized carbons (Fsp3) is 0.405. The van der Waals surface area contributed by atoms with Crippen LogP contribution in [-0.2, 0) is 24.2 Å². The quantitative estimate of drug-likeness (QED) is 0.366.